The quantitative estimate of drug-likeness (QED) is 0.874. The molecule has 0 aliphatic carbocycles. The fraction of sp³-hybridized carbons (Fsp3) is 0.556. The van der Waals surface area contributed by atoms with Gasteiger partial charge in [0.2, 0.25) is 0 Å². The Morgan fingerprint density at radius 3 is 2.74 bits per heavy atom. The van der Waals surface area contributed by atoms with Crippen LogP contribution in [0, 0.1) is 0 Å². The van der Waals surface area contributed by atoms with Gasteiger partial charge in [0.15, 0.2) is 0 Å². The standard InChI is InChI=1S/C18H24N4O/c1-2-6-17(7-3-1)22-15-16(19-20-22)14-21-11-4-8-18(10-12-21)9-5-13-23-18/h1-3,6-7,15H,4-5,8-14H2. The van der Waals surface area contributed by atoms with Crippen LogP contribution in [0.2, 0.25) is 0 Å². The molecule has 122 valence electrons. The molecule has 2 aliphatic rings. The maximum Gasteiger partial charge on any atom is 0.0971 e. The van der Waals surface area contributed by atoms with Crippen molar-refractivity contribution in [3.63, 3.8) is 0 Å². The summed E-state index contributed by atoms with van der Waals surface area (Å²) in [5, 5.41) is 8.61. The van der Waals surface area contributed by atoms with Crippen molar-refractivity contribution < 1.29 is 4.74 Å². The van der Waals surface area contributed by atoms with E-state index in [1.54, 1.807) is 0 Å². The number of aromatic nitrogens is 3. The minimum absolute atomic E-state index is 0.177. The van der Waals surface area contributed by atoms with Gasteiger partial charge in [0.25, 0.3) is 0 Å². The molecule has 3 heterocycles. The molecule has 23 heavy (non-hydrogen) atoms. The summed E-state index contributed by atoms with van der Waals surface area (Å²) in [4.78, 5) is 2.50. The van der Waals surface area contributed by atoms with Crippen molar-refractivity contribution in [1.82, 2.24) is 19.9 Å². The Balaban J connectivity index is 1.40. The molecule has 4 rings (SSSR count). The number of rotatable bonds is 3. The highest BCUT2D eigenvalue weighted by Gasteiger charge is 2.36. The zero-order valence-corrected chi connectivity index (χ0v) is 13.5. The first-order chi connectivity index (χ1) is 11.3. The van der Waals surface area contributed by atoms with Crippen LogP contribution in [0.3, 0.4) is 0 Å². The van der Waals surface area contributed by atoms with Gasteiger partial charge in [-0.15, -0.1) is 5.10 Å². The molecule has 1 atom stereocenters. The molecule has 1 aromatic carbocycles. The summed E-state index contributed by atoms with van der Waals surface area (Å²) >= 11 is 0. The molecule has 1 unspecified atom stereocenters. The fourth-order valence-electron chi connectivity index (χ4n) is 3.84. The predicted molar refractivity (Wildman–Crippen MR) is 88.4 cm³/mol. The maximum atomic E-state index is 6.06. The van der Waals surface area contributed by atoms with Crippen LogP contribution < -0.4 is 0 Å². The van der Waals surface area contributed by atoms with Crippen LogP contribution in [0.15, 0.2) is 36.5 Å². The van der Waals surface area contributed by atoms with Gasteiger partial charge in [-0.2, -0.15) is 0 Å². The third kappa shape index (κ3) is 3.31. The number of hydrogen-bond donors (Lipinski definition) is 0. The number of hydrogen-bond acceptors (Lipinski definition) is 4. The van der Waals surface area contributed by atoms with E-state index >= 15 is 0 Å². The molecule has 1 spiro atoms. The molecule has 2 aliphatic heterocycles. The van der Waals surface area contributed by atoms with Gasteiger partial charge >= 0.3 is 0 Å². The monoisotopic (exact) mass is 312 g/mol. The first-order valence-electron chi connectivity index (χ1n) is 8.66. The van der Waals surface area contributed by atoms with Gasteiger partial charge < -0.3 is 4.74 Å². The first-order valence-corrected chi connectivity index (χ1v) is 8.66. The zero-order valence-electron chi connectivity index (χ0n) is 13.5. The molecule has 5 heteroatoms. The third-order valence-corrected chi connectivity index (χ3v) is 5.12. The minimum atomic E-state index is 0.177. The Labute approximate surface area is 137 Å². The zero-order chi connectivity index (χ0) is 15.5. The fourth-order valence-corrected chi connectivity index (χ4v) is 3.84. The van der Waals surface area contributed by atoms with Crippen LogP contribution in [0.1, 0.15) is 37.8 Å². The van der Waals surface area contributed by atoms with E-state index < -0.39 is 0 Å². The Bertz CT molecular complexity index is 633. The van der Waals surface area contributed by atoms with E-state index in [2.05, 4.69) is 15.2 Å². The van der Waals surface area contributed by atoms with Crippen molar-refractivity contribution in [3.8, 4) is 5.69 Å². The van der Waals surface area contributed by atoms with Gasteiger partial charge in [-0.1, -0.05) is 23.4 Å². The Hall–Kier alpha value is -1.72. The summed E-state index contributed by atoms with van der Waals surface area (Å²) in [7, 11) is 0. The Morgan fingerprint density at radius 1 is 1.04 bits per heavy atom. The number of benzene rings is 1. The normalized spacial score (nSPS) is 25.7. The summed E-state index contributed by atoms with van der Waals surface area (Å²) in [6, 6.07) is 10.1. The second kappa shape index (κ2) is 6.42. The number of nitrogens with zero attached hydrogens (tertiary/aromatic N) is 4. The lowest BCUT2D eigenvalue weighted by Crippen LogP contribution is -2.30. The van der Waals surface area contributed by atoms with Crippen LogP contribution in [0.4, 0.5) is 0 Å². The maximum absolute atomic E-state index is 6.06. The van der Waals surface area contributed by atoms with Gasteiger partial charge in [-0.3, -0.25) is 4.90 Å². The molecule has 0 amide bonds. The van der Waals surface area contributed by atoms with Crippen molar-refractivity contribution in [1.29, 1.82) is 0 Å². The highest BCUT2D eigenvalue weighted by atomic mass is 16.5. The lowest BCUT2D eigenvalue weighted by Gasteiger charge is -2.26. The van der Waals surface area contributed by atoms with Crippen molar-refractivity contribution in [2.45, 2.75) is 44.2 Å². The molecule has 0 N–H and O–H groups in total. The van der Waals surface area contributed by atoms with Gasteiger partial charge in [0.1, 0.15) is 0 Å². The summed E-state index contributed by atoms with van der Waals surface area (Å²) in [6.45, 7) is 4.05. The van der Waals surface area contributed by atoms with Gasteiger partial charge in [-0.05, 0) is 50.8 Å². The molecule has 0 saturated carbocycles. The van der Waals surface area contributed by atoms with E-state index in [1.807, 2.05) is 41.2 Å². The van der Waals surface area contributed by atoms with E-state index in [9.17, 15) is 0 Å². The van der Waals surface area contributed by atoms with Crippen LogP contribution in [-0.4, -0.2) is 45.2 Å². The average molecular weight is 312 g/mol. The Kier molecular flexibility index (Phi) is 4.14. The molecule has 0 bridgehead atoms. The molecule has 0 radical (unpaired) electrons. The molecule has 2 aromatic rings. The van der Waals surface area contributed by atoms with Crippen molar-refractivity contribution >= 4 is 0 Å². The molecule has 2 saturated heterocycles. The molecule has 2 fully saturated rings. The van der Waals surface area contributed by atoms with E-state index in [4.69, 9.17) is 4.74 Å². The third-order valence-electron chi connectivity index (χ3n) is 5.12. The van der Waals surface area contributed by atoms with Crippen molar-refractivity contribution in [2.24, 2.45) is 0 Å². The van der Waals surface area contributed by atoms with E-state index in [0.29, 0.717) is 0 Å². The second-order valence-corrected chi connectivity index (χ2v) is 6.75. The summed E-state index contributed by atoms with van der Waals surface area (Å²) < 4.78 is 7.92. The summed E-state index contributed by atoms with van der Waals surface area (Å²) in [5.74, 6) is 0. The lowest BCUT2D eigenvalue weighted by molar-refractivity contribution is -0.00739. The second-order valence-electron chi connectivity index (χ2n) is 6.75. The van der Waals surface area contributed by atoms with Crippen LogP contribution in [0.25, 0.3) is 5.69 Å². The van der Waals surface area contributed by atoms with Crippen molar-refractivity contribution in [2.75, 3.05) is 19.7 Å². The largest absolute Gasteiger partial charge is 0.375 e. The highest BCUT2D eigenvalue weighted by molar-refractivity contribution is 5.29. The van der Waals surface area contributed by atoms with Crippen LogP contribution in [0.5, 0.6) is 0 Å². The Morgan fingerprint density at radius 2 is 1.91 bits per heavy atom. The van der Waals surface area contributed by atoms with Crippen molar-refractivity contribution in [3.05, 3.63) is 42.2 Å². The van der Waals surface area contributed by atoms with E-state index in [1.165, 1.54) is 25.7 Å². The van der Waals surface area contributed by atoms with E-state index in [0.717, 1.165) is 44.0 Å². The SMILES string of the molecule is c1ccc(-n2cc(CN3CCCC4(CCCO4)CC3)nn2)cc1. The molecular weight excluding hydrogens is 288 g/mol. The van der Waals surface area contributed by atoms with Gasteiger partial charge in [-0.25, -0.2) is 4.68 Å². The topological polar surface area (TPSA) is 43.2 Å². The number of para-hydroxylation sites is 1. The summed E-state index contributed by atoms with van der Waals surface area (Å²) in [6.07, 6.45) is 8.09. The minimum Gasteiger partial charge on any atom is -0.375 e. The van der Waals surface area contributed by atoms with E-state index in [-0.39, 0.29) is 5.60 Å². The van der Waals surface area contributed by atoms with Crippen LogP contribution >= 0.6 is 0 Å². The van der Waals surface area contributed by atoms with Gasteiger partial charge in [0, 0.05) is 19.7 Å². The number of ether oxygens (including phenoxy) is 1. The van der Waals surface area contributed by atoms with Gasteiger partial charge in [0.05, 0.1) is 23.2 Å². The molecule has 5 nitrogen and oxygen atoms in total. The predicted octanol–water partition coefficient (Wildman–Crippen LogP) is 2.80. The smallest absolute Gasteiger partial charge is 0.0971 e. The number of likely N-dealkylation sites (tertiary alicyclic amines) is 1. The van der Waals surface area contributed by atoms with Crippen LogP contribution in [-0.2, 0) is 11.3 Å². The first kappa shape index (κ1) is 14.8. The highest BCUT2D eigenvalue weighted by Crippen LogP contribution is 2.35. The lowest BCUT2D eigenvalue weighted by atomic mass is 9.92. The summed E-state index contributed by atoms with van der Waals surface area (Å²) in [5.41, 5.74) is 2.27. The average Bonchev–Trinajstić information content (AvgIpc) is 3.18. The molecule has 1 aromatic heterocycles. The molecular formula is C18H24N4O.